The molecule has 0 aliphatic rings. The molecule has 0 fully saturated rings. The molecule has 0 spiro atoms. The molecule has 0 saturated carbocycles. The van der Waals surface area contributed by atoms with Gasteiger partial charge in [0.25, 0.3) is 0 Å². The molecular formula is C29H20IrN2S-2. The van der Waals surface area contributed by atoms with Crippen molar-refractivity contribution in [2.75, 3.05) is 0 Å². The van der Waals surface area contributed by atoms with Crippen molar-refractivity contribution < 1.29 is 20.1 Å². The summed E-state index contributed by atoms with van der Waals surface area (Å²) in [5, 5.41) is 2.67. The number of rotatable bonds is 2. The second-order valence-corrected chi connectivity index (χ2v) is 8.41. The normalized spacial score (nSPS) is 10.3. The standard InChI is InChI=1S/C18H12NS.C11H8N.Ir/c1-12-9-10-13(15-7-4-5-11-19-15)18-17(12)14-6-2-3-8-16(14)20-18;1-2-6-10(7-3-1)11-8-4-5-9-12-11;/h2-9,11H,1H3;1-6,8-9H;/q2*-1;. The van der Waals surface area contributed by atoms with E-state index in [1.165, 1.54) is 25.7 Å². The Morgan fingerprint density at radius 2 is 1.42 bits per heavy atom. The predicted octanol–water partition coefficient (Wildman–Crippen LogP) is 7.77. The summed E-state index contributed by atoms with van der Waals surface area (Å²) in [6.45, 7) is 2.15. The fourth-order valence-electron chi connectivity index (χ4n) is 3.71. The Hall–Kier alpha value is -3.17. The maximum absolute atomic E-state index is 4.47. The topological polar surface area (TPSA) is 25.8 Å². The maximum Gasteiger partial charge on any atom is 0.0239 e. The van der Waals surface area contributed by atoms with Crippen LogP contribution in [-0.4, -0.2) is 9.97 Å². The van der Waals surface area contributed by atoms with Gasteiger partial charge in [0.05, 0.1) is 0 Å². The van der Waals surface area contributed by atoms with Crippen molar-refractivity contribution >= 4 is 31.5 Å². The Morgan fingerprint density at radius 1 is 0.727 bits per heavy atom. The van der Waals surface area contributed by atoms with E-state index in [2.05, 4.69) is 59.4 Å². The van der Waals surface area contributed by atoms with Crippen molar-refractivity contribution in [2.24, 2.45) is 0 Å². The van der Waals surface area contributed by atoms with Crippen LogP contribution >= 0.6 is 11.3 Å². The number of hydrogen-bond donors (Lipinski definition) is 0. The summed E-state index contributed by atoms with van der Waals surface area (Å²) >= 11 is 1.83. The Bertz CT molecular complexity index is 1430. The van der Waals surface area contributed by atoms with Gasteiger partial charge < -0.3 is 9.97 Å². The summed E-state index contributed by atoms with van der Waals surface area (Å²) in [4.78, 5) is 8.69. The number of aryl methyl sites for hydroxylation is 1. The first-order valence-electron chi connectivity index (χ1n) is 10.4. The number of benzene rings is 3. The molecule has 6 aromatic rings. The number of hydrogen-bond acceptors (Lipinski definition) is 3. The molecule has 0 saturated heterocycles. The van der Waals surface area contributed by atoms with Crippen molar-refractivity contribution in [2.45, 2.75) is 6.92 Å². The summed E-state index contributed by atoms with van der Waals surface area (Å²) in [6.07, 6.45) is 3.62. The van der Waals surface area contributed by atoms with Gasteiger partial charge in [-0.2, -0.15) is 11.3 Å². The fraction of sp³-hybridized carbons (Fsp3) is 0.0345. The molecule has 0 atom stereocenters. The van der Waals surface area contributed by atoms with Gasteiger partial charge in [-0.1, -0.05) is 54.8 Å². The smallest absolute Gasteiger partial charge is 0.0239 e. The molecule has 33 heavy (non-hydrogen) atoms. The fourth-order valence-corrected chi connectivity index (χ4v) is 4.99. The third-order valence-electron chi connectivity index (χ3n) is 5.22. The molecule has 0 bridgehead atoms. The molecule has 0 unspecified atom stereocenters. The summed E-state index contributed by atoms with van der Waals surface area (Å²) in [6, 6.07) is 36.9. The minimum Gasteiger partial charge on any atom is -0.305 e. The van der Waals surface area contributed by atoms with E-state index in [4.69, 9.17) is 0 Å². The van der Waals surface area contributed by atoms with Gasteiger partial charge in [-0.25, -0.2) is 0 Å². The zero-order chi connectivity index (χ0) is 21.8. The average molecular weight is 621 g/mol. The van der Waals surface area contributed by atoms with E-state index in [1.807, 2.05) is 78.2 Å². The Morgan fingerprint density at radius 3 is 2.12 bits per heavy atom. The Balaban J connectivity index is 0.000000172. The van der Waals surface area contributed by atoms with Crippen LogP contribution in [0.5, 0.6) is 0 Å². The van der Waals surface area contributed by atoms with Gasteiger partial charge in [0.2, 0.25) is 0 Å². The van der Waals surface area contributed by atoms with Crippen molar-refractivity contribution in [1.82, 2.24) is 9.97 Å². The number of thiophene rings is 1. The van der Waals surface area contributed by atoms with Crippen LogP contribution in [0.2, 0.25) is 0 Å². The summed E-state index contributed by atoms with van der Waals surface area (Å²) in [5.74, 6) is 0. The summed E-state index contributed by atoms with van der Waals surface area (Å²) < 4.78 is 2.60. The van der Waals surface area contributed by atoms with E-state index < -0.39 is 0 Å². The summed E-state index contributed by atoms with van der Waals surface area (Å²) in [7, 11) is 0. The van der Waals surface area contributed by atoms with Crippen LogP contribution < -0.4 is 0 Å². The van der Waals surface area contributed by atoms with Crippen LogP contribution in [-0.2, 0) is 20.1 Å². The first kappa shape index (κ1) is 23.0. The molecule has 3 aromatic heterocycles. The molecule has 0 amide bonds. The van der Waals surface area contributed by atoms with E-state index in [9.17, 15) is 0 Å². The maximum atomic E-state index is 4.47. The molecule has 0 N–H and O–H groups in total. The third-order valence-corrected chi connectivity index (χ3v) is 6.41. The van der Waals surface area contributed by atoms with Gasteiger partial charge in [0, 0.05) is 37.2 Å². The molecule has 0 aliphatic carbocycles. The van der Waals surface area contributed by atoms with Crippen molar-refractivity contribution in [3.05, 3.63) is 121 Å². The van der Waals surface area contributed by atoms with Crippen LogP contribution in [0, 0.1) is 19.1 Å². The second kappa shape index (κ2) is 10.6. The minimum atomic E-state index is 0. The Labute approximate surface area is 211 Å². The number of pyridine rings is 2. The van der Waals surface area contributed by atoms with Gasteiger partial charge >= 0.3 is 0 Å². The van der Waals surface area contributed by atoms with Crippen molar-refractivity contribution in [3.63, 3.8) is 0 Å². The largest absolute Gasteiger partial charge is 0.305 e. The predicted molar refractivity (Wildman–Crippen MR) is 135 cm³/mol. The Kier molecular flexibility index (Phi) is 7.41. The van der Waals surface area contributed by atoms with Crippen LogP contribution in [0.1, 0.15) is 5.56 Å². The minimum absolute atomic E-state index is 0. The number of fused-ring (bicyclic) bond motifs is 3. The van der Waals surface area contributed by atoms with Crippen molar-refractivity contribution in [1.29, 1.82) is 0 Å². The van der Waals surface area contributed by atoms with Crippen LogP contribution in [0.3, 0.4) is 0 Å². The van der Waals surface area contributed by atoms with Gasteiger partial charge in [-0.05, 0) is 39.7 Å². The van der Waals surface area contributed by atoms with Gasteiger partial charge in [-0.15, -0.1) is 59.2 Å². The van der Waals surface area contributed by atoms with Gasteiger partial charge in [0.15, 0.2) is 0 Å². The summed E-state index contributed by atoms with van der Waals surface area (Å²) in [5.41, 5.74) is 5.38. The van der Waals surface area contributed by atoms with E-state index in [0.29, 0.717) is 0 Å². The van der Waals surface area contributed by atoms with E-state index in [-0.39, 0.29) is 20.1 Å². The average Bonchev–Trinajstić information content (AvgIpc) is 3.27. The van der Waals surface area contributed by atoms with E-state index >= 15 is 0 Å². The van der Waals surface area contributed by atoms with Crippen molar-refractivity contribution in [3.8, 4) is 22.5 Å². The molecule has 3 aromatic carbocycles. The molecule has 3 heterocycles. The van der Waals surface area contributed by atoms with E-state index in [0.717, 1.165) is 22.5 Å². The molecule has 4 heteroatoms. The first-order valence-corrected chi connectivity index (χ1v) is 11.2. The molecular weight excluding hydrogens is 601 g/mol. The monoisotopic (exact) mass is 621 g/mol. The molecule has 0 aliphatic heterocycles. The van der Waals surface area contributed by atoms with E-state index in [1.54, 1.807) is 6.20 Å². The molecule has 163 valence electrons. The quantitative estimate of drug-likeness (QED) is 0.185. The SMILES string of the molecule is Cc1c[c-]c(-c2ccccn2)c2sc3ccccc3c12.[Ir].[c-]1ccccc1-c1ccccn1. The molecule has 6 rings (SSSR count). The first-order chi connectivity index (χ1) is 15.8. The number of nitrogens with zero attached hydrogens (tertiary/aromatic N) is 2. The molecule has 1 radical (unpaired) electrons. The zero-order valence-electron chi connectivity index (χ0n) is 18.0. The number of aromatic nitrogens is 2. The van der Waals surface area contributed by atoms with Gasteiger partial charge in [0.1, 0.15) is 0 Å². The van der Waals surface area contributed by atoms with Gasteiger partial charge in [-0.3, -0.25) is 0 Å². The van der Waals surface area contributed by atoms with Crippen LogP contribution in [0.15, 0.2) is 103 Å². The zero-order valence-corrected chi connectivity index (χ0v) is 21.2. The molecule has 2 nitrogen and oxygen atoms in total. The van der Waals surface area contributed by atoms with Crippen LogP contribution in [0.4, 0.5) is 0 Å². The van der Waals surface area contributed by atoms with Crippen LogP contribution in [0.25, 0.3) is 42.7 Å². The third kappa shape index (κ3) is 4.94. The second-order valence-electron chi connectivity index (χ2n) is 7.36.